The van der Waals surface area contributed by atoms with E-state index in [9.17, 15) is 9.90 Å². The van der Waals surface area contributed by atoms with Gasteiger partial charge in [0.2, 0.25) is 5.91 Å². The number of carbonyl (C=O) groups excluding carboxylic acids is 1. The van der Waals surface area contributed by atoms with Crippen LogP contribution in [-0.4, -0.2) is 23.7 Å². The molecule has 1 unspecified atom stereocenters. The molecule has 1 amide bonds. The SMILES string of the molecule is CCCC(N)C(=O)N[C@H](CO)c1ccccc1. The maximum atomic E-state index is 11.7. The highest BCUT2D eigenvalue weighted by atomic mass is 16.3. The minimum absolute atomic E-state index is 0.130. The van der Waals surface area contributed by atoms with E-state index < -0.39 is 6.04 Å². The first-order valence-corrected chi connectivity index (χ1v) is 5.90. The Kier molecular flexibility index (Phi) is 5.66. The van der Waals surface area contributed by atoms with Gasteiger partial charge in [-0.2, -0.15) is 0 Å². The molecule has 4 N–H and O–H groups in total. The number of nitrogens with two attached hydrogens (primary N) is 1. The molecular formula is C13H20N2O2. The second-order valence-electron chi connectivity index (χ2n) is 4.05. The summed E-state index contributed by atoms with van der Waals surface area (Å²) in [6.45, 7) is 1.85. The number of amides is 1. The van der Waals surface area contributed by atoms with Crippen molar-refractivity contribution >= 4 is 5.91 Å². The summed E-state index contributed by atoms with van der Waals surface area (Å²) in [4.78, 5) is 11.7. The fourth-order valence-electron chi connectivity index (χ4n) is 1.64. The predicted molar refractivity (Wildman–Crippen MR) is 67.3 cm³/mol. The number of rotatable bonds is 6. The van der Waals surface area contributed by atoms with Crippen LogP contribution in [0.15, 0.2) is 30.3 Å². The summed E-state index contributed by atoms with van der Waals surface area (Å²) in [5.41, 5.74) is 6.60. The van der Waals surface area contributed by atoms with Gasteiger partial charge in [-0.1, -0.05) is 43.7 Å². The third-order valence-corrected chi connectivity index (χ3v) is 2.64. The summed E-state index contributed by atoms with van der Waals surface area (Å²) in [5, 5.41) is 12.0. The van der Waals surface area contributed by atoms with E-state index in [4.69, 9.17) is 5.73 Å². The van der Waals surface area contributed by atoms with Gasteiger partial charge in [0, 0.05) is 0 Å². The highest BCUT2D eigenvalue weighted by Gasteiger charge is 2.17. The molecule has 0 radical (unpaired) electrons. The van der Waals surface area contributed by atoms with Crippen LogP contribution < -0.4 is 11.1 Å². The Morgan fingerprint density at radius 1 is 1.41 bits per heavy atom. The predicted octanol–water partition coefficient (Wildman–Crippen LogP) is 0.964. The van der Waals surface area contributed by atoms with Crippen LogP contribution in [0.25, 0.3) is 0 Å². The molecule has 0 aliphatic heterocycles. The lowest BCUT2D eigenvalue weighted by molar-refractivity contribution is -0.123. The lowest BCUT2D eigenvalue weighted by Crippen LogP contribution is -2.43. The van der Waals surface area contributed by atoms with Crippen molar-refractivity contribution in [3.63, 3.8) is 0 Å². The normalized spacial score (nSPS) is 14.1. The van der Waals surface area contributed by atoms with Gasteiger partial charge >= 0.3 is 0 Å². The van der Waals surface area contributed by atoms with E-state index >= 15 is 0 Å². The summed E-state index contributed by atoms with van der Waals surface area (Å²) in [6.07, 6.45) is 1.52. The Labute approximate surface area is 102 Å². The van der Waals surface area contributed by atoms with Crippen LogP contribution >= 0.6 is 0 Å². The zero-order chi connectivity index (χ0) is 12.7. The van der Waals surface area contributed by atoms with Crippen molar-refractivity contribution in [2.45, 2.75) is 31.8 Å². The number of hydrogen-bond donors (Lipinski definition) is 3. The van der Waals surface area contributed by atoms with Crippen LogP contribution in [0.3, 0.4) is 0 Å². The average Bonchev–Trinajstić information content (AvgIpc) is 2.37. The van der Waals surface area contributed by atoms with Crippen molar-refractivity contribution in [3.8, 4) is 0 Å². The van der Waals surface area contributed by atoms with Gasteiger partial charge in [0.05, 0.1) is 18.7 Å². The van der Waals surface area contributed by atoms with Crippen molar-refractivity contribution in [1.29, 1.82) is 0 Å². The number of carbonyl (C=O) groups is 1. The minimum Gasteiger partial charge on any atom is -0.394 e. The maximum Gasteiger partial charge on any atom is 0.237 e. The number of aliphatic hydroxyl groups is 1. The van der Waals surface area contributed by atoms with Crippen molar-refractivity contribution in [2.24, 2.45) is 5.73 Å². The lowest BCUT2D eigenvalue weighted by atomic mass is 10.1. The summed E-state index contributed by atoms with van der Waals surface area (Å²) in [7, 11) is 0. The van der Waals surface area contributed by atoms with E-state index in [0.717, 1.165) is 12.0 Å². The zero-order valence-electron chi connectivity index (χ0n) is 10.1. The number of hydrogen-bond acceptors (Lipinski definition) is 3. The van der Waals surface area contributed by atoms with Gasteiger partial charge in [-0.3, -0.25) is 4.79 Å². The van der Waals surface area contributed by atoms with E-state index in [1.165, 1.54) is 0 Å². The molecule has 1 aromatic rings. The van der Waals surface area contributed by atoms with E-state index in [2.05, 4.69) is 5.32 Å². The Bertz CT molecular complexity index is 341. The topological polar surface area (TPSA) is 75.4 Å². The molecule has 0 spiro atoms. The first-order valence-electron chi connectivity index (χ1n) is 5.90. The van der Waals surface area contributed by atoms with Crippen LogP contribution in [0.5, 0.6) is 0 Å². The highest BCUT2D eigenvalue weighted by molar-refractivity contribution is 5.81. The van der Waals surface area contributed by atoms with Gasteiger partial charge in [0.15, 0.2) is 0 Å². The summed E-state index contributed by atoms with van der Waals surface area (Å²) in [6, 6.07) is 8.48. The molecule has 0 bridgehead atoms. The van der Waals surface area contributed by atoms with Crippen LogP contribution in [0.1, 0.15) is 31.4 Å². The lowest BCUT2D eigenvalue weighted by Gasteiger charge is -2.19. The summed E-state index contributed by atoms with van der Waals surface area (Å²) >= 11 is 0. The van der Waals surface area contributed by atoms with Gasteiger partial charge in [0.1, 0.15) is 0 Å². The van der Waals surface area contributed by atoms with Crippen LogP contribution in [0, 0.1) is 0 Å². The Morgan fingerprint density at radius 2 is 2.06 bits per heavy atom. The molecule has 4 heteroatoms. The van der Waals surface area contributed by atoms with Crippen LogP contribution in [0.4, 0.5) is 0 Å². The molecule has 17 heavy (non-hydrogen) atoms. The summed E-state index contributed by atoms with van der Waals surface area (Å²) in [5.74, 6) is -0.213. The van der Waals surface area contributed by atoms with Crippen molar-refractivity contribution in [1.82, 2.24) is 5.32 Å². The zero-order valence-corrected chi connectivity index (χ0v) is 10.1. The van der Waals surface area contributed by atoms with Gasteiger partial charge in [-0.05, 0) is 12.0 Å². The molecule has 0 aliphatic rings. The van der Waals surface area contributed by atoms with E-state index in [-0.39, 0.29) is 18.6 Å². The molecule has 1 rings (SSSR count). The Hall–Kier alpha value is -1.39. The number of aliphatic hydroxyl groups excluding tert-OH is 1. The molecule has 94 valence electrons. The van der Waals surface area contributed by atoms with Crippen LogP contribution in [-0.2, 0) is 4.79 Å². The third-order valence-electron chi connectivity index (χ3n) is 2.64. The second kappa shape index (κ2) is 7.04. The quantitative estimate of drug-likeness (QED) is 0.688. The molecule has 0 aromatic heterocycles. The first kappa shape index (κ1) is 13.7. The van der Waals surface area contributed by atoms with Crippen molar-refractivity contribution in [2.75, 3.05) is 6.61 Å². The largest absolute Gasteiger partial charge is 0.394 e. The fraction of sp³-hybridized carbons (Fsp3) is 0.462. The molecular weight excluding hydrogens is 216 g/mol. The average molecular weight is 236 g/mol. The van der Waals surface area contributed by atoms with Crippen molar-refractivity contribution in [3.05, 3.63) is 35.9 Å². The van der Waals surface area contributed by atoms with Gasteiger partial charge in [-0.25, -0.2) is 0 Å². The van der Waals surface area contributed by atoms with Gasteiger partial charge < -0.3 is 16.2 Å². The maximum absolute atomic E-state index is 11.7. The monoisotopic (exact) mass is 236 g/mol. The third kappa shape index (κ3) is 4.17. The second-order valence-corrected chi connectivity index (χ2v) is 4.05. The molecule has 2 atom stereocenters. The van der Waals surface area contributed by atoms with Gasteiger partial charge in [0.25, 0.3) is 0 Å². The van der Waals surface area contributed by atoms with E-state index in [1.54, 1.807) is 0 Å². The van der Waals surface area contributed by atoms with Crippen molar-refractivity contribution < 1.29 is 9.90 Å². The van der Waals surface area contributed by atoms with E-state index in [0.29, 0.717) is 6.42 Å². The molecule has 4 nitrogen and oxygen atoms in total. The number of benzene rings is 1. The standard InChI is InChI=1S/C13H20N2O2/c1-2-6-11(14)13(17)15-12(9-16)10-7-4-3-5-8-10/h3-5,7-8,11-12,16H,2,6,9,14H2,1H3,(H,15,17)/t11?,12-/m1/s1. The first-order chi connectivity index (χ1) is 8.19. The Balaban J connectivity index is 2.62. The van der Waals surface area contributed by atoms with E-state index in [1.807, 2.05) is 37.3 Å². The molecule has 1 aromatic carbocycles. The summed E-state index contributed by atoms with van der Waals surface area (Å²) < 4.78 is 0. The fourth-order valence-corrected chi connectivity index (χ4v) is 1.64. The number of nitrogens with one attached hydrogen (secondary N) is 1. The minimum atomic E-state index is -0.502. The molecule has 0 heterocycles. The molecule has 0 saturated carbocycles. The molecule has 0 fully saturated rings. The smallest absolute Gasteiger partial charge is 0.237 e. The highest BCUT2D eigenvalue weighted by Crippen LogP contribution is 2.11. The van der Waals surface area contributed by atoms with Gasteiger partial charge in [-0.15, -0.1) is 0 Å². The Morgan fingerprint density at radius 3 is 2.59 bits per heavy atom. The van der Waals surface area contributed by atoms with Crippen LogP contribution in [0.2, 0.25) is 0 Å². The molecule has 0 aliphatic carbocycles. The molecule has 0 saturated heterocycles.